The molecule has 0 aliphatic carbocycles. The Labute approximate surface area is 132 Å². The Kier molecular flexibility index (Phi) is 5.47. The molecule has 0 unspecified atom stereocenters. The number of amides is 1. The third-order valence-corrected chi connectivity index (χ3v) is 4.96. The Hall–Kier alpha value is -0.330. The van der Waals surface area contributed by atoms with E-state index in [1.165, 1.54) is 0 Å². The van der Waals surface area contributed by atoms with Crippen LogP contribution in [0.3, 0.4) is 0 Å². The molecule has 0 radical (unpaired) electrons. The minimum absolute atomic E-state index is 0.0322. The summed E-state index contributed by atoms with van der Waals surface area (Å²) >= 11 is 8.22. The summed E-state index contributed by atoms with van der Waals surface area (Å²) in [7, 11) is 1.85. The molecule has 1 fully saturated rings. The highest BCUT2D eigenvalue weighted by Crippen LogP contribution is 2.21. The maximum absolute atomic E-state index is 12.3. The Morgan fingerprint density at radius 2 is 2.16 bits per heavy atom. The second-order valence-electron chi connectivity index (χ2n) is 4.87. The molecule has 0 bridgehead atoms. The number of rotatable bonds is 3. The molecule has 0 saturated carbocycles. The molecule has 1 heterocycles. The smallest absolute Gasteiger partial charge is 0.253 e. The van der Waals surface area contributed by atoms with Crippen molar-refractivity contribution in [2.75, 3.05) is 26.8 Å². The van der Waals surface area contributed by atoms with Crippen molar-refractivity contribution in [3.05, 3.63) is 32.4 Å². The van der Waals surface area contributed by atoms with Crippen LogP contribution in [0.15, 0.2) is 18.2 Å². The molecular weight excluding hydrogens is 377 g/mol. The molecule has 5 heteroatoms. The van der Waals surface area contributed by atoms with Crippen molar-refractivity contribution in [2.45, 2.75) is 12.8 Å². The van der Waals surface area contributed by atoms with Gasteiger partial charge in [-0.25, -0.2) is 0 Å². The first-order valence-corrected chi connectivity index (χ1v) is 7.82. The first-order valence-electron chi connectivity index (χ1n) is 6.36. The number of nitrogens with zero attached hydrogens (tertiary/aromatic N) is 1. The highest BCUT2D eigenvalue weighted by atomic mass is 127. The molecule has 19 heavy (non-hydrogen) atoms. The number of hydrogen-bond acceptors (Lipinski definition) is 2. The predicted molar refractivity (Wildman–Crippen MR) is 84.7 cm³/mol. The molecular formula is C14H17ClINO2. The predicted octanol–water partition coefficient (Wildman–Crippen LogP) is 3.44. The Morgan fingerprint density at radius 1 is 1.47 bits per heavy atom. The molecule has 1 saturated heterocycles. The van der Waals surface area contributed by atoms with Crippen LogP contribution in [-0.4, -0.2) is 37.6 Å². The van der Waals surface area contributed by atoms with E-state index in [4.69, 9.17) is 16.3 Å². The summed E-state index contributed by atoms with van der Waals surface area (Å²) in [5.74, 6) is 0.576. The topological polar surface area (TPSA) is 29.5 Å². The molecule has 1 amide bonds. The number of halogens is 2. The van der Waals surface area contributed by atoms with Crippen LogP contribution in [0.4, 0.5) is 0 Å². The number of carbonyl (C=O) groups is 1. The van der Waals surface area contributed by atoms with Gasteiger partial charge in [0.2, 0.25) is 0 Å². The van der Waals surface area contributed by atoms with Gasteiger partial charge in [0.25, 0.3) is 5.91 Å². The molecule has 0 aromatic heterocycles. The quantitative estimate of drug-likeness (QED) is 0.736. The molecule has 2 rings (SSSR count). The van der Waals surface area contributed by atoms with Crippen LogP contribution in [0.25, 0.3) is 0 Å². The van der Waals surface area contributed by atoms with Crippen molar-refractivity contribution in [1.29, 1.82) is 0 Å². The van der Waals surface area contributed by atoms with Gasteiger partial charge >= 0.3 is 0 Å². The number of ether oxygens (including phenoxy) is 1. The highest BCUT2D eigenvalue weighted by Gasteiger charge is 2.19. The second-order valence-corrected chi connectivity index (χ2v) is 6.44. The van der Waals surface area contributed by atoms with Crippen LogP contribution in [0.1, 0.15) is 23.2 Å². The molecule has 1 aliphatic heterocycles. The summed E-state index contributed by atoms with van der Waals surface area (Å²) in [6.45, 7) is 2.40. The third-order valence-electron chi connectivity index (χ3n) is 3.39. The van der Waals surface area contributed by atoms with Crippen molar-refractivity contribution in [3.63, 3.8) is 0 Å². The second kappa shape index (κ2) is 6.90. The van der Waals surface area contributed by atoms with Gasteiger partial charge < -0.3 is 9.64 Å². The van der Waals surface area contributed by atoms with Gasteiger partial charge in [0.15, 0.2) is 0 Å². The van der Waals surface area contributed by atoms with Crippen molar-refractivity contribution in [2.24, 2.45) is 5.92 Å². The Bertz CT molecular complexity index is 461. The van der Waals surface area contributed by atoms with E-state index in [9.17, 15) is 4.79 Å². The summed E-state index contributed by atoms with van der Waals surface area (Å²) in [6.07, 6.45) is 2.07. The zero-order valence-electron chi connectivity index (χ0n) is 10.9. The van der Waals surface area contributed by atoms with Crippen LogP contribution in [-0.2, 0) is 4.74 Å². The summed E-state index contributed by atoms with van der Waals surface area (Å²) < 4.78 is 6.29. The van der Waals surface area contributed by atoms with Gasteiger partial charge in [-0.05, 0) is 59.5 Å². The zero-order chi connectivity index (χ0) is 13.8. The molecule has 0 N–H and O–H groups in total. The standard InChI is InChI=1S/C14H17ClINO2/c1-17(9-10-4-6-19-7-5-10)14(18)11-2-3-13(16)12(15)8-11/h2-3,8,10H,4-7,9H2,1H3. The van der Waals surface area contributed by atoms with E-state index in [-0.39, 0.29) is 5.91 Å². The lowest BCUT2D eigenvalue weighted by Gasteiger charge is -2.27. The molecule has 1 aliphatic rings. The number of benzene rings is 1. The summed E-state index contributed by atoms with van der Waals surface area (Å²) in [6, 6.07) is 5.45. The Balaban J connectivity index is 1.99. The molecule has 0 atom stereocenters. The van der Waals surface area contributed by atoms with E-state index in [2.05, 4.69) is 22.6 Å². The lowest BCUT2D eigenvalue weighted by atomic mass is 9.99. The van der Waals surface area contributed by atoms with Crippen LogP contribution < -0.4 is 0 Å². The fourth-order valence-corrected chi connectivity index (χ4v) is 2.76. The fourth-order valence-electron chi connectivity index (χ4n) is 2.25. The van der Waals surface area contributed by atoms with Crippen LogP contribution in [0.5, 0.6) is 0 Å². The van der Waals surface area contributed by atoms with Crippen molar-refractivity contribution in [3.8, 4) is 0 Å². The largest absolute Gasteiger partial charge is 0.381 e. The van der Waals surface area contributed by atoms with Crippen molar-refractivity contribution >= 4 is 40.1 Å². The van der Waals surface area contributed by atoms with E-state index in [1.807, 2.05) is 19.2 Å². The summed E-state index contributed by atoms with van der Waals surface area (Å²) in [5, 5.41) is 0.630. The van der Waals surface area contributed by atoms with E-state index >= 15 is 0 Å². The van der Waals surface area contributed by atoms with Crippen LogP contribution in [0, 0.1) is 9.49 Å². The van der Waals surface area contributed by atoms with E-state index in [1.54, 1.807) is 11.0 Å². The van der Waals surface area contributed by atoms with Gasteiger partial charge in [0.05, 0.1) is 5.02 Å². The van der Waals surface area contributed by atoms with Gasteiger partial charge in [0.1, 0.15) is 0 Å². The zero-order valence-corrected chi connectivity index (χ0v) is 13.8. The van der Waals surface area contributed by atoms with E-state index in [0.717, 1.165) is 36.2 Å². The van der Waals surface area contributed by atoms with Crippen LogP contribution >= 0.6 is 34.2 Å². The molecule has 3 nitrogen and oxygen atoms in total. The highest BCUT2D eigenvalue weighted by molar-refractivity contribution is 14.1. The molecule has 1 aromatic rings. The maximum atomic E-state index is 12.3. The first-order chi connectivity index (χ1) is 9.08. The normalized spacial score (nSPS) is 16.4. The monoisotopic (exact) mass is 393 g/mol. The third kappa shape index (κ3) is 4.07. The maximum Gasteiger partial charge on any atom is 0.253 e. The number of hydrogen-bond donors (Lipinski definition) is 0. The SMILES string of the molecule is CN(CC1CCOCC1)C(=O)c1ccc(I)c(Cl)c1. The Morgan fingerprint density at radius 3 is 2.79 bits per heavy atom. The summed E-state index contributed by atoms with van der Waals surface area (Å²) in [4.78, 5) is 14.1. The van der Waals surface area contributed by atoms with Gasteiger partial charge in [0, 0.05) is 35.9 Å². The van der Waals surface area contributed by atoms with Crippen molar-refractivity contribution < 1.29 is 9.53 Å². The van der Waals surface area contributed by atoms with Gasteiger partial charge in [-0.1, -0.05) is 11.6 Å². The van der Waals surface area contributed by atoms with E-state index in [0.29, 0.717) is 16.5 Å². The molecule has 0 spiro atoms. The van der Waals surface area contributed by atoms with Gasteiger partial charge in [-0.2, -0.15) is 0 Å². The lowest BCUT2D eigenvalue weighted by molar-refractivity contribution is 0.0497. The lowest BCUT2D eigenvalue weighted by Crippen LogP contribution is -2.34. The summed E-state index contributed by atoms with van der Waals surface area (Å²) in [5.41, 5.74) is 0.653. The minimum atomic E-state index is 0.0322. The molecule has 104 valence electrons. The minimum Gasteiger partial charge on any atom is -0.381 e. The molecule has 1 aromatic carbocycles. The fraction of sp³-hybridized carbons (Fsp3) is 0.500. The van der Waals surface area contributed by atoms with Crippen molar-refractivity contribution in [1.82, 2.24) is 4.90 Å². The van der Waals surface area contributed by atoms with E-state index < -0.39 is 0 Å². The first kappa shape index (κ1) is 15.1. The van der Waals surface area contributed by atoms with Crippen LogP contribution in [0.2, 0.25) is 5.02 Å². The average molecular weight is 394 g/mol. The number of carbonyl (C=O) groups excluding carboxylic acids is 1. The van der Waals surface area contributed by atoms with Gasteiger partial charge in [-0.3, -0.25) is 4.79 Å². The van der Waals surface area contributed by atoms with Gasteiger partial charge in [-0.15, -0.1) is 0 Å². The average Bonchev–Trinajstić information content (AvgIpc) is 2.42.